The van der Waals surface area contributed by atoms with Gasteiger partial charge < -0.3 is 10.5 Å². The lowest BCUT2D eigenvalue weighted by Crippen LogP contribution is -2.35. The van der Waals surface area contributed by atoms with E-state index in [2.05, 4.69) is 40.8 Å². The van der Waals surface area contributed by atoms with Gasteiger partial charge in [-0.2, -0.15) is 0 Å². The summed E-state index contributed by atoms with van der Waals surface area (Å²) in [4.78, 5) is 0. The van der Waals surface area contributed by atoms with Gasteiger partial charge in [0.15, 0.2) is 0 Å². The van der Waals surface area contributed by atoms with Crippen molar-refractivity contribution in [3.63, 3.8) is 0 Å². The zero-order valence-electron chi connectivity index (χ0n) is 12.5. The second kappa shape index (κ2) is 6.90. The summed E-state index contributed by atoms with van der Waals surface area (Å²) < 4.78 is 0. The van der Waals surface area contributed by atoms with E-state index in [4.69, 9.17) is 5.21 Å². The number of allylic oxidation sites excluding steroid dienone is 1. The Kier molecular flexibility index (Phi) is 4.71. The summed E-state index contributed by atoms with van der Waals surface area (Å²) in [5, 5.41) is 16.3. The minimum absolute atomic E-state index is 0.588. The third kappa shape index (κ3) is 3.53. The molecule has 0 radical (unpaired) electrons. The van der Waals surface area contributed by atoms with Crippen molar-refractivity contribution in [1.29, 1.82) is 0 Å². The minimum Gasteiger partial charge on any atom is -0.411 e. The first-order chi connectivity index (χ1) is 10.4. The van der Waals surface area contributed by atoms with Crippen LogP contribution in [-0.2, 0) is 6.42 Å². The van der Waals surface area contributed by atoms with Crippen LogP contribution in [0.2, 0.25) is 0 Å². The summed E-state index contributed by atoms with van der Waals surface area (Å²) in [6.07, 6.45) is 7.71. The monoisotopic (exact) mass is 284 g/mol. The summed E-state index contributed by atoms with van der Waals surface area (Å²) in [5.74, 6) is 0. The Morgan fingerprint density at radius 3 is 2.81 bits per heavy atom. The van der Waals surface area contributed by atoms with E-state index in [1.54, 1.807) is 0 Å². The highest BCUT2D eigenvalue weighted by molar-refractivity contribution is 6.01. The van der Waals surface area contributed by atoms with E-state index >= 15 is 0 Å². The van der Waals surface area contributed by atoms with Gasteiger partial charge in [0.25, 0.3) is 0 Å². The molecule has 1 aromatic rings. The average molecular weight is 284 g/mol. The Morgan fingerprint density at radius 1 is 1.14 bits per heavy atom. The number of oxime groups is 1. The molecule has 0 amide bonds. The molecule has 0 aromatic heterocycles. The molecule has 0 spiro atoms. The van der Waals surface area contributed by atoms with Crippen molar-refractivity contribution in [3.8, 4) is 0 Å². The third-order valence-electron chi connectivity index (χ3n) is 4.71. The summed E-state index contributed by atoms with van der Waals surface area (Å²) in [6, 6.07) is 11.2. The van der Waals surface area contributed by atoms with Gasteiger partial charge in [-0.25, -0.2) is 0 Å². The maximum absolute atomic E-state index is 9.10. The molecular formula is C18H24N2O. The van der Waals surface area contributed by atoms with E-state index in [-0.39, 0.29) is 0 Å². The van der Waals surface area contributed by atoms with Crippen molar-refractivity contribution in [1.82, 2.24) is 5.32 Å². The Morgan fingerprint density at radius 2 is 2.00 bits per heavy atom. The molecule has 2 aliphatic carbocycles. The fraction of sp³-hybridized carbons (Fsp3) is 0.500. The molecule has 21 heavy (non-hydrogen) atoms. The van der Waals surface area contributed by atoms with E-state index in [1.807, 2.05) is 0 Å². The molecule has 3 nitrogen and oxygen atoms in total. The van der Waals surface area contributed by atoms with E-state index in [0.717, 1.165) is 50.8 Å². The number of nitrogens with zero attached hydrogens (tertiary/aromatic N) is 1. The zero-order valence-corrected chi connectivity index (χ0v) is 12.5. The SMILES string of the molecule is ON=C1CCCC2=C1CCC(NCCc1ccccc1)C2. The highest BCUT2D eigenvalue weighted by Gasteiger charge is 2.26. The average Bonchev–Trinajstić information content (AvgIpc) is 2.55. The third-order valence-corrected chi connectivity index (χ3v) is 4.71. The number of hydrogen-bond acceptors (Lipinski definition) is 3. The standard InChI is InChI=1S/C18H24N2O/c21-20-18-8-4-7-15-13-16(9-10-17(15)18)19-12-11-14-5-2-1-3-6-14/h1-3,5-6,16,19,21H,4,7-13H2. The van der Waals surface area contributed by atoms with E-state index < -0.39 is 0 Å². The van der Waals surface area contributed by atoms with Crippen molar-refractivity contribution in [2.24, 2.45) is 5.16 Å². The molecule has 2 N–H and O–H groups in total. The molecule has 3 rings (SSSR count). The number of rotatable bonds is 4. The number of benzene rings is 1. The van der Waals surface area contributed by atoms with Gasteiger partial charge in [-0.05, 0) is 62.6 Å². The predicted molar refractivity (Wildman–Crippen MR) is 85.9 cm³/mol. The van der Waals surface area contributed by atoms with Crippen LogP contribution in [0.5, 0.6) is 0 Å². The summed E-state index contributed by atoms with van der Waals surface area (Å²) in [6.45, 7) is 1.04. The second-order valence-electron chi connectivity index (χ2n) is 6.11. The van der Waals surface area contributed by atoms with Gasteiger partial charge in [-0.3, -0.25) is 0 Å². The summed E-state index contributed by atoms with van der Waals surface area (Å²) in [7, 11) is 0. The molecular weight excluding hydrogens is 260 g/mol. The lowest BCUT2D eigenvalue weighted by Gasteiger charge is -2.31. The van der Waals surface area contributed by atoms with Crippen LogP contribution in [0, 0.1) is 0 Å². The highest BCUT2D eigenvalue weighted by atomic mass is 16.4. The Hall–Kier alpha value is -1.61. The molecule has 1 unspecified atom stereocenters. The van der Waals surface area contributed by atoms with Gasteiger partial charge in [0.05, 0.1) is 5.71 Å². The van der Waals surface area contributed by atoms with E-state index in [9.17, 15) is 0 Å². The van der Waals surface area contributed by atoms with Crippen molar-refractivity contribution >= 4 is 5.71 Å². The Labute approximate surface area is 126 Å². The fourth-order valence-corrected chi connectivity index (χ4v) is 3.59. The van der Waals surface area contributed by atoms with Crippen LogP contribution < -0.4 is 5.32 Å². The number of nitrogens with one attached hydrogen (secondary N) is 1. The van der Waals surface area contributed by atoms with Crippen LogP contribution in [0.15, 0.2) is 46.6 Å². The first-order valence-electron chi connectivity index (χ1n) is 8.06. The van der Waals surface area contributed by atoms with Gasteiger partial charge in [-0.15, -0.1) is 0 Å². The molecule has 1 atom stereocenters. The van der Waals surface area contributed by atoms with Gasteiger partial charge in [0, 0.05) is 6.04 Å². The molecule has 2 aliphatic rings. The lowest BCUT2D eigenvalue weighted by molar-refractivity contribution is 0.316. The van der Waals surface area contributed by atoms with Crippen molar-refractivity contribution in [2.75, 3.05) is 6.54 Å². The molecule has 1 aromatic carbocycles. The normalized spacial score (nSPS) is 24.2. The molecule has 0 saturated carbocycles. The van der Waals surface area contributed by atoms with Crippen LogP contribution in [0.4, 0.5) is 0 Å². The molecule has 0 saturated heterocycles. The minimum atomic E-state index is 0.588. The molecule has 0 bridgehead atoms. The maximum Gasteiger partial charge on any atom is 0.0827 e. The van der Waals surface area contributed by atoms with Crippen molar-refractivity contribution < 1.29 is 5.21 Å². The molecule has 0 heterocycles. The van der Waals surface area contributed by atoms with Gasteiger partial charge in [-0.1, -0.05) is 41.1 Å². The van der Waals surface area contributed by atoms with Crippen LogP contribution in [-0.4, -0.2) is 23.5 Å². The van der Waals surface area contributed by atoms with Crippen molar-refractivity contribution in [2.45, 2.75) is 51.0 Å². The second-order valence-corrected chi connectivity index (χ2v) is 6.11. The Balaban J connectivity index is 1.52. The Bertz CT molecular complexity index is 533. The largest absolute Gasteiger partial charge is 0.411 e. The van der Waals surface area contributed by atoms with Gasteiger partial charge in [0.1, 0.15) is 0 Å². The van der Waals surface area contributed by atoms with E-state index in [0.29, 0.717) is 6.04 Å². The first kappa shape index (κ1) is 14.3. The van der Waals surface area contributed by atoms with Crippen LogP contribution in [0.3, 0.4) is 0 Å². The van der Waals surface area contributed by atoms with E-state index in [1.165, 1.54) is 23.1 Å². The molecule has 0 fully saturated rings. The van der Waals surface area contributed by atoms with Crippen LogP contribution in [0.1, 0.15) is 44.1 Å². The topological polar surface area (TPSA) is 44.6 Å². The molecule has 3 heteroatoms. The maximum atomic E-state index is 9.10. The van der Waals surface area contributed by atoms with Gasteiger partial charge >= 0.3 is 0 Å². The zero-order chi connectivity index (χ0) is 14.5. The molecule has 0 aliphatic heterocycles. The fourth-order valence-electron chi connectivity index (χ4n) is 3.59. The summed E-state index contributed by atoms with van der Waals surface area (Å²) >= 11 is 0. The summed E-state index contributed by atoms with van der Waals surface area (Å²) in [5.41, 5.74) is 5.22. The highest BCUT2D eigenvalue weighted by Crippen LogP contribution is 2.34. The van der Waals surface area contributed by atoms with Crippen molar-refractivity contribution in [3.05, 3.63) is 47.0 Å². The predicted octanol–water partition coefficient (Wildman–Crippen LogP) is 3.68. The number of hydrogen-bond donors (Lipinski definition) is 2. The smallest absolute Gasteiger partial charge is 0.0827 e. The quantitative estimate of drug-likeness (QED) is 0.654. The molecule has 112 valence electrons. The van der Waals surface area contributed by atoms with Crippen LogP contribution in [0.25, 0.3) is 0 Å². The van der Waals surface area contributed by atoms with Gasteiger partial charge in [0.2, 0.25) is 0 Å². The van der Waals surface area contributed by atoms with Crippen LogP contribution >= 0.6 is 0 Å². The first-order valence-corrected chi connectivity index (χ1v) is 8.06. The lowest BCUT2D eigenvalue weighted by atomic mass is 9.79.